The van der Waals surface area contributed by atoms with E-state index in [9.17, 15) is 24.8 Å². The van der Waals surface area contributed by atoms with Crippen molar-refractivity contribution in [3.05, 3.63) is 23.3 Å². The number of carboxylic acid groups (broad SMARTS) is 1. The first-order valence-electron chi connectivity index (χ1n) is 14.0. The van der Waals surface area contributed by atoms with Gasteiger partial charge in [0.15, 0.2) is 0 Å². The highest BCUT2D eigenvalue weighted by molar-refractivity contribution is 5.98. The number of benzene rings is 1. The van der Waals surface area contributed by atoms with Gasteiger partial charge in [0, 0.05) is 18.7 Å². The van der Waals surface area contributed by atoms with E-state index in [1.807, 2.05) is 0 Å². The third-order valence-corrected chi connectivity index (χ3v) is 8.82. The van der Waals surface area contributed by atoms with E-state index >= 15 is 0 Å². The quantitative estimate of drug-likeness (QED) is 0.448. The van der Waals surface area contributed by atoms with E-state index in [1.165, 1.54) is 13.2 Å². The summed E-state index contributed by atoms with van der Waals surface area (Å²) in [6.45, 7) is 8.53. The number of carbonyl (C=O) groups is 3. The van der Waals surface area contributed by atoms with E-state index in [0.717, 1.165) is 19.3 Å². The highest BCUT2D eigenvalue weighted by Crippen LogP contribution is 2.49. The number of nitrogens with one attached hydrogen (secondary N) is 2. The second-order valence-corrected chi connectivity index (χ2v) is 13.0. The van der Waals surface area contributed by atoms with Crippen LogP contribution in [0.1, 0.15) is 88.6 Å². The van der Waals surface area contributed by atoms with Crippen molar-refractivity contribution in [3.8, 4) is 17.6 Å². The molecule has 4 rings (SSSR count). The van der Waals surface area contributed by atoms with Gasteiger partial charge >= 0.3 is 5.97 Å². The molecule has 1 aromatic rings. The Morgan fingerprint density at radius 2 is 1.77 bits per heavy atom. The lowest BCUT2D eigenvalue weighted by Gasteiger charge is -2.34. The van der Waals surface area contributed by atoms with Crippen LogP contribution in [0.4, 0.5) is 0 Å². The molecule has 39 heavy (non-hydrogen) atoms. The molecule has 3 aliphatic rings. The molecule has 3 N–H and O–H groups in total. The normalized spacial score (nSPS) is 29.8. The van der Waals surface area contributed by atoms with Gasteiger partial charge in [-0.15, -0.1) is 0 Å². The lowest BCUT2D eigenvalue weighted by molar-refractivity contribution is -0.150. The summed E-state index contributed by atoms with van der Waals surface area (Å²) in [6, 6.07) is 4.89. The molecule has 4 atom stereocenters. The van der Waals surface area contributed by atoms with Crippen LogP contribution in [0.2, 0.25) is 0 Å². The molecule has 9 heteroatoms. The molecule has 0 spiro atoms. The molecule has 1 aromatic carbocycles. The number of amides is 2. The molecule has 4 unspecified atom stereocenters. The van der Waals surface area contributed by atoms with Crippen molar-refractivity contribution in [2.75, 3.05) is 13.7 Å². The first kappa shape index (κ1) is 28.7. The maximum absolute atomic E-state index is 13.6. The molecule has 3 aliphatic carbocycles. The molecular weight excluding hydrogens is 498 g/mol. The van der Waals surface area contributed by atoms with Crippen LogP contribution in [0, 0.1) is 39.9 Å². The average Bonchev–Trinajstić information content (AvgIpc) is 3.50. The van der Waals surface area contributed by atoms with Crippen LogP contribution in [0.5, 0.6) is 11.5 Å². The molecular formula is C30H41N3O6. The number of ether oxygens (including phenoxy) is 2. The standard InChI is InChI=1S/C30H41N3O6/c1-29(2,3)16-32-27(35)24-17-6-7-18(12-17)25(24)33-26(34)21-14-22(19(15-31)13-23(21)38-5)39-20-8-10-30(4,11-9-20)28(36)37/h13-14,17-18,20,24-25H,6-12,16H2,1-5H3,(H,32,35)(H,33,34)(H,36,37). The number of carboxylic acids is 1. The number of methoxy groups -OCH3 is 1. The van der Waals surface area contributed by atoms with E-state index in [1.54, 1.807) is 13.0 Å². The maximum Gasteiger partial charge on any atom is 0.309 e. The fourth-order valence-electron chi connectivity index (χ4n) is 6.41. The second kappa shape index (κ2) is 11.1. The first-order chi connectivity index (χ1) is 18.3. The predicted molar refractivity (Wildman–Crippen MR) is 144 cm³/mol. The average molecular weight is 540 g/mol. The summed E-state index contributed by atoms with van der Waals surface area (Å²) in [4.78, 5) is 38.4. The van der Waals surface area contributed by atoms with E-state index < -0.39 is 11.4 Å². The van der Waals surface area contributed by atoms with Crippen molar-refractivity contribution in [1.82, 2.24) is 10.6 Å². The van der Waals surface area contributed by atoms with Gasteiger partial charge in [0.1, 0.15) is 17.6 Å². The van der Waals surface area contributed by atoms with Gasteiger partial charge in [-0.1, -0.05) is 20.8 Å². The van der Waals surface area contributed by atoms with Crippen LogP contribution >= 0.6 is 0 Å². The predicted octanol–water partition coefficient (Wildman–Crippen LogP) is 4.29. The van der Waals surface area contributed by atoms with Gasteiger partial charge in [-0.05, 0) is 75.2 Å². The Balaban J connectivity index is 1.52. The van der Waals surface area contributed by atoms with Gasteiger partial charge in [0.2, 0.25) is 5.91 Å². The van der Waals surface area contributed by atoms with Crippen molar-refractivity contribution in [2.45, 2.75) is 84.8 Å². The van der Waals surface area contributed by atoms with Crippen LogP contribution in [-0.4, -0.2) is 48.7 Å². The van der Waals surface area contributed by atoms with Crippen LogP contribution in [-0.2, 0) is 9.59 Å². The number of hydrogen-bond donors (Lipinski definition) is 3. The van der Waals surface area contributed by atoms with Crippen molar-refractivity contribution in [3.63, 3.8) is 0 Å². The molecule has 2 bridgehead atoms. The lowest BCUT2D eigenvalue weighted by Crippen LogP contribution is -2.50. The lowest BCUT2D eigenvalue weighted by atomic mass is 9.75. The van der Waals surface area contributed by atoms with Crippen molar-refractivity contribution in [2.24, 2.45) is 28.6 Å². The highest BCUT2D eigenvalue weighted by atomic mass is 16.5. The zero-order valence-corrected chi connectivity index (χ0v) is 23.6. The summed E-state index contributed by atoms with van der Waals surface area (Å²) < 4.78 is 11.6. The van der Waals surface area contributed by atoms with Gasteiger partial charge in [-0.25, -0.2) is 0 Å². The molecule has 212 valence electrons. The molecule has 0 radical (unpaired) electrons. The summed E-state index contributed by atoms with van der Waals surface area (Å²) in [6.07, 6.45) is 4.67. The molecule has 2 amide bonds. The minimum Gasteiger partial charge on any atom is -0.496 e. The number of rotatable bonds is 8. The largest absolute Gasteiger partial charge is 0.496 e. The van der Waals surface area contributed by atoms with Gasteiger partial charge in [-0.2, -0.15) is 5.26 Å². The highest BCUT2D eigenvalue weighted by Gasteiger charge is 2.51. The zero-order valence-electron chi connectivity index (χ0n) is 23.6. The summed E-state index contributed by atoms with van der Waals surface area (Å²) in [5.41, 5.74) is -0.328. The third-order valence-electron chi connectivity index (χ3n) is 8.82. The van der Waals surface area contributed by atoms with Gasteiger partial charge in [0.05, 0.1) is 35.7 Å². The zero-order chi connectivity index (χ0) is 28.5. The fraction of sp³-hybridized carbons (Fsp3) is 0.667. The summed E-state index contributed by atoms with van der Waals surface area (Å²) in [5, 5.41) is 25.5. The van der Waals surface area contributed by atoms with Crippen LogP contribution < -0.4 is 20.1 Å². The number of nitriles is 1. The Morgan fingerprint density at radius 1 is 1.10 bits per heavy atom. The van der Waals surface area contributed by atoms with Crippen molar-refractivity contribution >= 4 is 17.8 Å². The third kappa shape index (κ3) is 6.15. The van der Waals surface area contributed by atoms with Gasteiger partial charge in [0.25, 0.3) is 5.91 Å². The maximum atomic E-state index is 13.6. The van der Waals surface area contributed by atoms with Crippen molar-refractivity contribution < 1.29 is 29.0 Å². The fourth-order valence-corrected chi connectivity index (χ4v) is 6.41. The Labute approximate surface area is 230 Å². The van der Waals surface area contributed by atoms with E-state index in [0.29, 0.717) is 32.2 Å². The molecule has 3 fully saturated rings. The minimum absolute atomic E-state index is 0.0103. The SMILES string of the molecule is COc1cc(C#N)c(OC2CCC(C)(C(=O)O)CC2)cc1C(=O)NC1C2CCC(C2)C1C(=O)NCC(C)(C)C. The van der Waals surface area contributed by atoms with Gasteiger partial charge < -0.3 is 25.2 Å². The van der Waals surface area contributed by atoms with Crippen LogP contribution in [0.25, 0.3) is 0 Å². The molecule has 3 saturated carbocycles. The molecule has 9 nitrogen and oxygen atoms in total. The molecule has 0 aromatic heterocycles. The molecule has 0 aliphatic heterocycles. The number of fused-ring (bicyclic) bond motifs is 2. The topological polar surface area (TPSA) is 138 Å². The monoisotopic (exact) mass is 539 g/mol. The number of aliphatic carboxylic acids is 1. The van der Waals surface area contributed by atoms with E-state index in [4.69, 9.17) is 9.47 Å². The number of nitrogens with zero attached hydrogens (tertiary/aromatic N) is 1. The van der Waals surface area contributed by atoms with Crippen LogP contribution in [0.3, 0.4) is 0 Å². The Kier molecular flexibility index (Phi) is 8.15. The van der Waals surface area contributed by atoms with E-state index in [2.05, 4.69) is 37.5 Å². The Morgan fingerprint density at radius 3 is 2.36 bits per heavy atom. The Bertz CT molecular complexity index is 1160. The van der Waals surface area contributed by atoms with Crippen molar-refractivity contribution in [1.29, 1.82) is 5.26 Å². The number of carbonyl (C=O) groups excluding carboxylic acids is 2. The smallest absolute Gasteiger partial charge is 0.309 e. The molecule has 0 heterocycles. The Hall–Kier alpha value is -3.28. The molecule has 0 saturated heterocycles. The first-order valence-corrected chi connectivity index (χ1v) is 14.0. The van der Waals surface area contributed by atoms with Crippen LogP contribution in [0.15, 0.2) is 12.1 Å². The van der Waals surface area contributed by atoms with E-state index in [-0.39, 0.29) is 69.8 Å². The summed E-state index contributed by atoms with van der Waals surface area (Å²) in [7, 11) is 1.45. The summed E-state index contributed by atoms with van der Waals surface area (Å²) in [5.74, 6) is -0.428. The summed E-state index contributed by atoms with van der Waals surface area (Å²) >= 11 is 0. The number of hydrogen-bond acceptors (Lipinski definition) is 6. The minimum atomic E-state index is -0.812. The second-order valence-electron chi connectivity index (χ2n) is 13.0. The van der Waals surface area contributed by atoms with Gasteiger partial charge in [-0.3, -0.25) is 14.4 Å².